The second kappa shape index (κ2) is 9.10. The molecule has 1 N–H and O–H groups in total. The van der Waals surface area contributed by atoms with Crippen LogP contribution in [0.4, 0.5) is 20.2 Å². The highest BCUT2D eigenvalue weighted by atomic mass is 35.5. The van der Waals surface area contributed by atoms with Gasteiger partial charge >= 0.3 is 0 Å². The van der Waals surface area contributed by atoms with E-state index in [-0.39, 0.29) is 34.0 Å². The quantitative estimate of drug-likeness (QED) is 0.394. The first-order chi connectivity index (χ1) is 16.6. The van der Waals surface area contributed by atoms with Crippen molar-refractivity contribution in [1.82, 2.24) is 4.90 Å². The van der Waals surface area contributed by atoms with Gasteiger partial charge < -0.3 is 15.1 Å². The van der Waals surface area contributed by atoms with E-state index in [0.717, 1.165) is 0 Å². The molecule has 3 aliphatic rings. The number of hydrogen-bond acceptors (Lipinski definition) is 3. The summed E-state index contributed by atoms with van der Waals surface area (Å²) in [4.78, 5) is 28.0. The Morgan fingerprint density at radius 2 is 1.80 bits per heavy atom. The van der Waals surface area contributed by atoms with Gasteiger partial charge in [0.2, 0.25) is 11.8 Å². The van der Waals surface area contributed by atoms with Crippen LogP contribution in [-0.2, 0) is 20.5 Å². The lowest BCUT2D eigenvalue weighted by molar-refractivity contribution is -0.125. The summed E-state index contributed by atoms with van der Waals surface area (Å²) in [5.74, 6) is -1.50. The third kappa shape index (κ3) is 3.89. The minimum absolute atomic E-state index is 0.0305. The van der Waals surface area contributed by atoms with E-state index in [4.69, 9.17) is 23.2 Å². The first-order valence-electron chi connectivity index (χ1n) is 11.6. The fraction of sp³-hybridized carbons (Fsp3) is 0.385. The standard InChI is InChI=1S/C24H21Cl2F2N3O2.C2H6/c1-3-18(32)31-9-8-24(12-31,20-15(27)5-4-14(25)21(20)26)29-13-10-16(28)19-17(11-13)30(2)22(33)23(19)6-7-23;1-2/h3-5,10-11,29H,1,6-9,12H2,2H3;1-2H3. The zero-order chi connectivity index (χ0) is 25.7. The maximum Gasteiger partial charge on any atom is 0.246 e. The number of hydrogen-bond donors (Lipinski definition) is 1. The summed E-state index contributed by atoms with van der Waals surface area (Å²) in [7, 11) is 1.63. The smallest absolute Gasteiger partial charge is 0.246 e. The number of fused-ring (bicyclic) bond motifs is 2. The monoisotopic (exact) mass is 521 g/mol. The van der Waals surface area contributed by atoms with Crippen LogP contribution in [0.2, 0.25) is 10.0 Å². The highest BCUT2D eigenvalue weighted by molar-refractivity contribution is 6.42. The third-order valence-electron chi connectivity index (χ3n) is 7.04. The summed E-state index contributed by atoms with van der Waals surface area (Å²) < 4.78 is 30.4. The van der Waals surface area contributed by atoms with E-state index in [1.54, 1.807) is 13.1 Å². The molecule has 1 saturated heterocycles. The molecule has 2 aromatic rings. The molecule has 1 unspecified atom stereocenters. The number of benzene rings is 2. The highest BCUT2D eigenvalue weighted by Gasteiger charge is 2.60. The van der Waals surface area contributed by atoms with Crippen LogP contribution in [0.5, 0.6) is 0 Å². The van der Waals surface area contributed by atoms with Crippen LogP contribution in [0.25, 0.3) is 0 Å². The van der Waals surface area contributed by atoms with Crippen LogP contribution in [0.3, 0.4) is 0 Å². The first-order valence-corrected chi connectivity index (χ1v) is 12.3. The van der Waals surface area contributed by atoms with Gasteiger partial charge in [-0.3, -0.25) is 9.59 Å². The Balaban J connectivity index is 0.00000141. The van der Waals surface area contributed by atoms with Crippen LogP contribution < -0.4 is 10.2 Å². The second-order valence-corrected chi connectivity index (χ2v) is 9.72. The molecule has 2 heterocycles. The predicted octanol–water partition coefficient (Wildman–Crippen LogP) is 6.03. The average Bonchev–Trinajstić information content (AvgIpc) is 3.49. The molecule has 186 valence electrons. The highest BCUT2D eigenvalue weighted by Crippen LogP contribution is 2.58. The summed E-state index contributed by atoms with van der Waals surface area (Å²) in [5.41, 5.74) is -0.551. The van der Waals surface area contributed by atoms with Crippen molar-refractivity contribution in [3.8, 4) is 0 Å². The molecular weight excluding hydrogens is 495 g/mol. The lowest BCUT2D eigenvalue weighted by Crippen LogP contribution is -2.41. The fourth-order valence-electron chi connectivity index (χ4n) is 5.27. The molecule has 1 atom stereocenters. The van der Waals surface area contributed by atoms with E-state index in [9.17, 15) is 9.59 Å². The molecule has 5 nitrogen and oxygen atoms in total. The molecule has 1 aliphatic carbocycles. The summed E-state index contributed by atoms with van der Waals surface area (Å²) in [6.07, 6.45) is 2.75. The Hall–Kier alpha value is -2.64. The van der Waals surface area contributed by atoms with Crippen LogP contribution in [0, 0.1) is 11.6 Å². The summed E-state index contributed by atoms with van der Waals surface area (Å²) in [6, 6.07) is 5.60. The topological polar surface area (TPSA) is 52.7 Å². The molecular formula is C26H27Cl2F2N3O2. The molecule has 0 bridgehead atoms. The van der Waals surface area contributed by atoms with Gasteiger partial charge in [-0.25, -0.2) is 8.78 Å². The zero-order valence-electron chi connectivity index (χ0n) is 19.9. The van der Waals surface area contributed by atoms with Gasteiger partial charge in [0.05, 0.1) is 26.7 Å². The molecule has 9 heteroatoms. The average molecular weight is 522 g/mol. The molecule has 2 aromatic carbocycles. The maximum atomic E-state index is 15.3. The van der Waals surface area contributed by atoms with E-state index in [1.807, 2.05) is 13.8 Å². The second-order valence-electron chi connectivity index (χ2n) is 8.94. The van der Waals surface area contributed by atoms with Crippen LogP contribution in [-0.4, -0.2) is 36.9 Å². The molecule has 2 aliphatic heterocycles. The van der Waals surface area contributed by atoms with E-state index in [0.29, 0.717) is 42.7 Å². The number of nitrogens with zero attached hydrogens (tertiary/aromatic N) is 2. The number of nitrogens with one attached hydrogen (secondary N) is 1. The fourth-order valence-corrected chi connectivity index (χ4v) is 5.76. The predicted molar refractivity (Wildman–Crippen MR) is 135 cm³/mol. The van der Waals surface area contributed by atoms with Gasteiger partial charge in [-0.15, -0.1) is 0 Å². The van der Waals surface area contributed by atoms with Crippen molar-refractivity contribution in [2.45, 2.75) is 44.1 Å². The number of likely N-dealkylation sites (tertiary alicyclic amines) is 1. The number of rotatable bonds is 4. The lowest BCUT2D eigenvalue weighted by Gasteiger charge is -2.34. The van der Waals surface area contributed by atoms with Gasteiger partial charge in [0.15, 0.2) is 0 Å². The molecule has 0 radical (unpaired) electrons. The first kappa shape index (κ1) is 25.5. The van der Waals surface area contributed by atoms with Gasteiger partial charge in [-0.2, -0.15) is 0 Å². The summed E-state index contributed by atoms with van der Waals surface area (Å²) in [5, 5.41) is 3.45. The molecule has 5 rings (SSSR count). The van der Waals surface area contributed by atoms with E-state index >= 15 is 8.78 Å². The number of likely N-dealkylation sites (N-methyl/N-ethyl adjacent to an activating group) is 1. The molecule has 1 saturated carbocycles. The van der Waals surface area contributed by atoms with Crippen molar-refractivity contribution in [2.75, 3.05) is 30.4 Å². The van der Waals surface area contributed by atoms with Crippen molar-refractivity contribution < 1.29 is 18.4 Å². The Morgan fingerprint density at radius 1 is 1.11 bits per heavy atom. The van der Waals surface area contributed by atoms with Crippen molar-refractivity contribution >= 4 is 46.4 Å². The molecule has 0 aromatic heterocycles. The maximum absolute atomic E-state index is 15.3. The van der Waals surface area contributed by atoms with Crippen molar-refractivity contribution in [2.24, 2.45) is 0 Å². The van der Waals surface area contributed by atoms with E-state index in [2.05, 4.69) is 11.9 Å². The minimum atomic E-state index is -1.16. The molecule has 2 amide bonds. The number of halogens is 4. The van der Waals surface area contributed by atoms with Gasteiger partial charge in [0, 0.05) is 37.0 Å². The van der Waals surface area contributed by atoms with Crippen LogP contribution >= 0.6 is 23.2 Å². The number of carbonyl (C=O) groups is 2. The Bertz CT molecular complexity index is 1230. The Kier molecular flexibility index (Phi) is 6.62. The van der Waals surface area contributed by atoms with Gasteiger partial charge in [0.25, 0.3) is 0 Å². The Labute approximate surface area is 213 Å². The number of carbonyl (C=O) groups excluding carboxylic acids is 2. The van der Waals surface area contributed by atoms with E-state index < -0.39 is 22.6 Å². The third-order valence-corrected chi connectivity index (χ3v) is 7.84. The van der Waals surface area contributed by atoms with Gasteiger partial charge in [0.1, 0.15) is 11.6 Å². The Morgan fingerprint density at radius 3 is 2.43 bits per heavy atom. The summed E-state index contributed by atoms with van der Waals surface area (Å²) >= 11 is 12.6. The summed E-state index contributed by atoms with van der Waals surface area (Å²) in [6.45, 7) is 7.92. The minimum Gasteiger partial charge on any atom is -0.373 e. The van der Waals surface area contributed by atoms with Gasteiger partial charge in [-0.05, 0) is 49.6 Å². The van der Waals surface area contributed by atoms with Crippen LogP contribution in [0.15, 0.2) is 36.9 Å². The SMILES string of the molecule is C=CC(=O)N1CCC(Nc2cc(F)c3c(c2)N(C)C(=O)C32CC2)(c2c(F)ccc(Cl)c2Cl)C1.CC. The molecule has 35 heavy (non-hydrogen) atoms. The van der Waals surface area contributed by atoms with Gasteiger partial charge in [-0.1, -0.05) is 43.6 Å². The largest absolute Gasteiger partial charge is 0.373 e. The number of anilines is 2. The normalized spacial score (nSPS) is 21.5. The van der Waals surface area contributed by atoms with Crippen molar-refractivity contribution in [1.29, 1.82) is 0 Å². The van der Waals surface area contributed by atoms with Crippen LogP contribution in [0.1, 0.15) is 44.2 Å². The van der Waals surface area contributed by atoms with Crippen molar-refractivity contribution in [3.05, 3.63) is 69.7 Å². The zero-order valence-corrected chi connectivity index (χ0v) is 21.4. The van der Waals surface area contributed by atoms with Crippen molar-refractivity contribution in [3.63, 3.8) is 0 Å². The number of amides is 2. The molecule has 1 spiro atoms. The lowest BCUT2D eigenvalue weighted by atomic mass is 9.87. The van der Waals surface area contributed by atoms with E-state index in [1.165, 1.54) is 34.1 Å². The molecule has 2 fully saturated rings.